The summed E-state index contributed by atoms with van der Waals surface area (Å²) in [4.78, 5) is 24.6. The fraction of sp³-hybridized carbons (Fsp3) is 0.391. The number of benzene rings is 2. The van der Waals surface area contributed by atoms with E-state index in [2.05, 4.69) is 19.2 Å². The molecule has 0 bridgehead atoms. The zero-order chi connectivity index (χ0) is 20.1. The standard InChI is InChI=1S/C23H26FNO3/c1-15-4-3-5-21(16(15)2)25-22(26)14-28-20-12-8-18(9-13-20)23(27)17-6-10-19(24)11-7-17/h6-13,15-16,21H,3-5,14H2,1-2H3,(H,25,26)/t15-,16+,21-/m0/s1. The van der Waals surface area contributed by atoms with E-state index in [1.165, 1.54) is 30.7 Å². The molecule has 0 unspecified atom stereocenters. The van der Waals surface area contributed by atoms with Crippen molar-refractivity contribution in [2.24, 2.45) is 11.8 Å². The van der Waals surface area contributed by atoms with Gasteiger partial charge in [-0.15, -0.1) is 0 Å². The average molecular weight is 383 g/mol. The van der Waals surface area contributed by atoms with Gasteiger partial charge in [-0.05, 0) is 66.8 Å². The molecule has 0 heterocycles. The van der Waals surface area contributed by atoms with Gasteiger partial charge >= 0.3 is 0 Å². The van der Waals surface area contributed by atoms with E-state index >= 15 is 0 Å². The number of carbonyl (C=O) groups excluding carboxylic acids is 2. The summed E-state index contributed by atoms with van der Waals surface area (Å²) in [6.45, 7) is 4.36. The van der Waals surface area contributed by atoms with Gasteiger partial charge in [0.05, 0.1) is 0 Å². The summed E-state index contributed by atoms with van der Waals surface area (Å²) in [6, 6.07) is 12.3. The number of amides is 1. The van der Waals surface area contributed by atoms with Crippen molar-refractivity contribution in [3.63, 3.8) is 0 Å². The molecule has 0 saturated heterocycles. The van der Waals surface area contributed by atoms with Gasteiger partial charge in [-0.1, -0.05) is 26.7 Å². The van der Waals surface area contributed by atoms with Crippen LogP contribution in [0.5, 0.6) is 5.75 Å². The molecule has 148 valence electrons. The van der Waals surface area contributed by atoms with E-state index < -0.39 is 0 Å². The van der Waals surface area contributed by atoms with Gasteiger partial charge in [0, 0.05) is 17.2 Å². The van der Waals surface area contributed by atoms with Crippen molar-refractivity contribution in [2.75, 3.05) is 6.61 Å². The molecule has 4 nitrogen and oxygen atoms in total. The molecular weight excluding hydrogens is 357 g/mol. The molecule has 3 atom stereocenters. The molecule has 28 heavy (non-hydrogen) atoms. The van der Waals surface area contributed by atoms with Crippen molar-refractivity contribution in [2.45, 2.75) is 39.2 Å². The number of carbonyl (C=O) groups is 2. The monoisotopic (exact) mass is 383 g/mol. The fourth-order valence-corrected chi connectivity index (χ4v) is 3.65. The lowest BCUT2D eigenvalue weighted by Crippen LogP contribution is -2.45. The second kappa shape index (κ2) is 9.00. The minimum Gasteiger partial charge on any atom is -0.484 e. The molecule has 5 heteroatoms. The van der Waals surface area contributed by atoms with Crippen LogP contribution in [-0.4, -0.2) is 24.3 Å². The van der Waals surface area contributed by atoms with Crippen molar-refractivity contribution in [3.05, 3.63) is 65.5 Å². The number of halogens is 1. The van der Waals surface area contributed by atoms with Crippen molar-refractivity contribution < 1.29 is 18.7 Å². The van der Waals surface area contributed by atoms with Gasteiger partial charge in [0.2, 0.25) is 0 Å². The highest BCUT2D eigenvalue weighted by Crippen LogP contribution is 2.29. The minimum absolute atomic E-state index is 0.0527. The van der Waals surface area contributed by atoms with Crippen molar-refractivity contribution in [3.8, 4) is 5.75 Å². The van der Waals surface area contributed by atoms with Crippen LogP contribution in [0.4, 0.5) is 4.39 Å². The second-order valence-corrected chi connectivity index (χ2v) is 7.59. The van der Waals surface area contributed by atoms with Crippen molar-refractivity contribution in [1.82, 2.24) is 5.32 Å². The highest BCUT2D eigenvalue weighted by atomic mass is 19.1. The number of rotatable bonds is 6. The normalized spacial score (nSPS) is 21.8. The minimum atomic E-state index is -0.379. The molecule has 0 aliphatic heterocycles. The summed E-state index contributed by atoms with van der Waals surface area (Å²) in [6.07, 6.45) is 3.37. The van der Waals surface area contributed by atoms with Gasteiger partial charge < -0.3 is 10.1 Å². The molecule has 2 aromatic carbocycles. The Hall–Kier alpha value is -2.69. The summed E-state index contributed by atoms with van der Waals surface area (Å²) >= 11 is 0. The topological polar surface area (TPSA) is 55.4 Å². The van der Waals surface area contributed by atoms with E-state index in [0.29, 0.717) is 28.7 Å². The lowest BCUT2D eigenvalue weighted by atomic mass is 9.78. The van der Waals surface area contributed by atoms with Crippen LogP contribution < -0.4 is 10.1 Å². The Bertz CT molecular complexity index is 817. The van der Waals surface area contributed by atoms with Crippen molar-refractivity contribution >= 4 is 11.7 Å². The zero-order valence-electron chi connectivity index (χ0n) is 16.3. The average Bonchev–Trinajstić information content (AvgIpc) is 2.70. The number of hydrogen-bond acceptors (Lipinski definition) is 3. The van der Waals surface area contributed by atoms with Crippen LogP contribution >= 0.6 is 0 Å². The summed E-state index contributed by atoms with van der Waals surface area (Å²) < 4.78 is 18.5. The van der Waals surface area contributed by atoms with E-state index in [4.69, 9.17) is 4.74 Å². The Morgan fingerprint density at radius 2 is 1.61 bits per heavy atom. The van der Waals surface area contributed by atoms with E-state index in [1.54, 1.807) is 24.3 Å². The second-order valence-electron chi connectivity index (χ2n) is 7.59. The highest BCUT2D eigenvalue weighted by molar-refractivity contribution is 6.09. The molecule has 0 spiro atoms. The maximum Gasteiger partial charge on any atom is 0.258 e. The van der Waals surface area contributed by atoms with Gasteiger partial charge in [-0.25, -0.2) is 4.39 Å². The third kappa shape index (κ3) is 4.97. The molecular formula is C23H26FNO3. The lowest BCUT2D eigenvalue weighted by molar-refractivity contribution is -0.124. The Balaban J connectivity index is 1.52. The highest BCUT2D eigenvalue weighted by Gasteiger charge is 2.28. The first-order chi connectivity index (χ1) is 13.4. The Morgan fingerprint density at radius 3 is 2.25 bits per heavy atom. The van der Waals surface area contributed by atoms with Gasteiger partial charge in [0.25, 0.3) is 5.91 Å². The summed E-state index contributed by atoms with van der Waals surface area (Å²) in [5, 5.41) is 3.08. The van der Waals surface area contributed by atoms with Gasteiger partial charge in [0.1, 0.15) is 11.6 Å². The Kier molecular flexibility index (Phi) is 6.45. The van der Waals surface area contributed by atoms with E-state index in [0.717, 1.165) is 12.8 Å². The molecule has 1 amide bonds. The molecule has 0 radical (unpaired) electrons. The molecule has 1 N–H and O–H groups in total. The van der Waals surface area contributed by atoms with Crippen LogP contribution in [0.25, 0.3) is 0 Å². The third-order valence-corrected chi connectivity index (χ3v) is 5.65. The lowest BCUT2D eigenvalue weighted by Gasteiger charge is -2.34. The molecule has 2 aromatic rings. The molecule has 3 rings (SSSR count). The number of hydrogen-bond donors (Lipinski definition) is 1. The van der Waals surface area contributed by atoms with E-state index in [-0.39, 0.29) is 30.2 Å². The molecule has 1 fully saturated rings. The van der Waals surface area contributed by atoms with E-state index in [1.807, 2.05) is 0 Å². The largest absolute Gasteiger partial charge is 0.484 e. The summed E-state index contributed by atoms with van der Waals surface area (Å²) in [5.41, 5.74) is 0.902. The van der Waals surface area contributed by atoms with Gasteiger partial charge in [0.15, 0.2) is 12.4 Å². The zero-order valence-corrected chi connectivity index (χ0v) is 16.3. The first-order valence-electron chi connectivity index (χ1n) is 9.76. The number of ketones is 1. The Morgan fingerprint density at radius 1 is 1.00 bits per heavy atom. The molecule has 1 aliphatic carbocycles. The third-order valence-electron chi connectivity index (χ3n) is 5.65. The molecule has 1 aliphatic rings. The SMILES string of the molecule is C[C@H]1[C@@H](NC(=O)COc2ccc(C(=O)c3ccc(F)cc3)cc2)CCC[C@@H]1C. The summed E-state index contributed by atoms with van der Waals surface area (Å²) in [7, 11) is 0. The maximum atomic E-state index is 13.0. The van der Waals surface area contributed by atoms with Crippen LogP contribution in [0.15, 0.2) is 48.5 Å². The predicted molar refractivity (Wildman–Crippen MR) is 106 cm³/mol. The van der Waals surface area contributed by atoms with Crippen LogP contribution in [0.1, 0.15) is 49.0 Å². The quantitative estimate of drug-likeness (QED) is 0.754. The van der Waals surface area contributed by atoms with Crippen LogP contribution in [0.2, 0.25) is 0 Å². The molecule has 0 aromatic heterocycles. The van der Waals surface area contributed by atoms with E-state index in [9.17, 15) is 14.0 Å². The van der Waals surface area contributed by atoms with Crippen molar-refractivity contribution in [1.29, 1.82) is 0 Å². The first-order valence-corrected chi connectivity index (χ1v) is 9.76. The predicted octanol–water partition coefficient (Wildman–Crippen LogP) is 4.38. The first kappa shape index (κ1) is 20.1. The van der Waals surface area contributed by atoms with Crippen LogP contribution in [0, 0.1) is 17.7 Å². The number of ether oxygens (including phenoxy) is 1. The van der Waals surface area contributed by atoms with Gasteiger partial charge in [-0.2, -0.15) is 0 Å². The van der Waals surface area contributed by atoms with Crippen LogP contribution in [0.3, 0.4) is 0 Å². The number of nitrogens with one attached hydrogen (secondary N) is 1. The van der Waals surface area contributed by atoms with Gasteiger partial charge in [-0.3, -0.25) is 9.59 Å². The maximum absolute atomic E-state index is 13.0. The molecule has 1 saturated carbocycles. The smallest absolute Gasteiger partial charge is 0.258 e. The summed E-state index contributed by atoms with van der Waals surface area (Å²) in [5.74, 6) is 0.911. The Labute approximate surface area is 165 Å². The fourth-order valence-electron chi connectivity index (χ4n) is 3.65. The van der Waals surface area contributed by atoms with Crippen LogP contribution in [-0.2, 0) is 4.79 Å².